The van der Waals surface area contributed by atoms with E-state index in [4.69, 9.17) is 32.4 Å². The summed E-state index contributed by atoms with van der Waals surface area (Å²) in [5.41, 5.74) is 1.24. The lowest BCUT2D eigenvalue weighted by molar-refractivity contribution is -0.0917. The van der Waals surface area contributed by atoms with Gasteiger partial charge in [0.2, 0.25) is 13.4 Å². The predicted molar refractivity (Wildman–Crippen MR) is 232 cm³/mol. The Balaban J connectivity index is 1.38. The Morgan fingerprint density at radius 3 is 2.10 bits per heavy atom. The van der Waals surface area contributed by atoms with Crippen LogP contribution >= 0.6 is 19.0 Å². The average molecular weight is 861 g/mol. The van der Waals surface area contributed by atoms with Crippen LogP contribution in [0.15, 0.2) is 90.0 Å². The molecule has 5 aromatic rings. The van der Waals surface area contributed by atoms with Gasteiger partial charge in [0.1, 0.15) is 35.4 Å². The third kappa shape index (κ3) is 8.67. The van der Waals surface area contributed by atoms with Crippen molar-refractivity contribution in [3.05, 3.63) is 118 Å². The number of benzene rings is 3. The maximum atomic E-state index is 13.4. The predicted octanol–water partition coefficient (Wildman–Crippen LogP) is 8.65. The van der Waals surface area contributed by atoms with Crippen LogP contribution in [0.1, 0.15) is 68.2 Å². The molecule has 1 unspecified atom stereocenters. The number of hydrogen-bond acceptors (Lipinski definition) is 12. The third-order valence-electron chi connectivity index (χ3n) is 11.3. The molecule has 0 amide bonds. The summed E-state index contributed by atoms with van der Waals surface area (Å²) in [6, 6.07) is 25.8. The van der Waals surface area contributed by atoms with Crippen LogP contribution in [0.4, 0.5) is 0 Å². The van der Waals surface area contributed by atoms with E-state index in [-0.39, 0.29) is 34.4 Å². The molecule has 3 aromatic carbocycles. The SMILES string of the molecule is COc1ccc(C(OC[C@H]2O[C@@H](n3cnc4c(=O)[nH]c(C(=O)C(C)C)nc43)[C@H](O[Si](C)(C)C(C)(C)C)[C@@H]2OP2OCCS2)(c2ccccc2)c2ccc(OC)cc2)cc1. The van der Waals surface area contributed by atoms with Gasteiger partial charge in [-0.25, -0.2) is 9.97 Å². The van der Waals surface area contributed by atoms with Crippen molar-refractivity contribution in [2.24, 2.45) is 5.92 Å². The molecule has 5 atom stereocenters. The summed E-state index contributed by atoms with van der Waals surface area (Å²) >= 11 is 1.63. The van der Waals surface area contributed by atoms with E-state index < -0.39 is 57.5 Å². The highest BCUT2D eigenvalue weighted by Gasteiger charge is 2.54. The quantitative estimate of drug-likeness (QED) is 0.0466. The van der Waals surface area contributed by atoms with Gasteiger partial charge in [0.05, 0.1) is 33.8 Å². The largest absolute Gasteiger partial charge is 0.497 e. The van der Waals surface area contributed by atoms with E-state index >= 15 is 0 Å². The monoisotopic (exact) mass is 860 g/mol. The number of rotatable bonds is 15. The minimum Gasteiger partial charge on any atom is -0.497 e. The number of carbonyl (C=O) groups excluding carboxylic acids is 1. The lowest BCUT2D eigenvalue weighted by Crippen LogP contribution is -2.49. The van der Waals surface area contributed by atoms with Gasteiger partial charge in [-0.3, -0.25) is 14.2 Å². The zero-order valence-corrected chi connectivity index (χ0v) is 37.7. The van der Waals surface area contributed by atoms with Gasteiger partial charge in [-0.1, -0.05) is 101 Å². The summed E-state index contributed by atoms with van der Waals surface area (Å²) in [7, 11) is -0.619. The zero-order valence-electron chi connectivity index (χ0n) is 35.0. The van der Waals surface area contributed by atoms with Gasteiger partial charge < -0.3 is 37.4 Å². The number of hydrogen-bond donors (Lipinski definition) is 1. The fourth-order valence-corrected chi connectivity index (χ4v) is 11.2. The molecule has 2 aliphatic rings. The Hall–Kier alpha value is -3.92. The average Bonchev–Trinajstić information content (AvgIpc) is 3.98. The Labute approximate surface area is 351 Å². The van der Waals surface area contributed by atoms with Gasteiger partial charge in [-0.2, -0.15) is 0 Å². The summed E-state index contributed by atoms with van der Waals surface area (Å²) in [4.78, 5) is 38.4. The molecule has 7 rings (SSSR count). The number of fused-ring (bicyclic) bond motifs is 1. The number of nitrogens with one attached hydrogen (secondary N) is 1. The molecule has 0 spiro atoms. The molecule has 0 bridgehead atoms. The van der Waals surface area contributed by atoms with E-state index in [1.165, 1.54) is 6.33 Å². The minimum atomic E-state index is -2.55. The van der Waals surface area contributed by atoms with Crippen molar-refractivity contribution >= 4 is 44.2 Å². The third-order valence-corrected chi connectivity index (χ3v) is 18.9. The normalized spacial score (nSPS) is 21.4. The van der Waals surface area contributed by atoms with Crippen molar-refractivity contribution in [3.63, 3.8) is 0 Å². The summed E-state index contributed by atoms with van der Waals surface area (Å²) in [5.74, 6) is 1.49. The van der Waals surface area contributed by atoms with Gasteiger partial charge in [0.25, 0.3) is 5.56 Å². The molecule has 59 heavy (non-hydrogen) atoms. The van der Waals surface area contributed by atoms with Crippen LogP contribution in [-0.4, -0.2) is 85.1 Å². The molecule has 16 heteroatoms. The van der Waals surface area contributed by atoms with Crippen molar-refractivity contribution < 1.29 is 37.2 Å². The topological polar surface area (TPSA) is 145 Å². The smallest absolute Gasteiger partial charge is 0.279 e. The second-order valence-electron chi connectivity index (χ2n) is 16.4. The minimum absolute atomic E-state index is 0.0387. The van der Waals surface area contributed by atoms with Gasteiger partial charge in [0, 0.05) is 11.7 Å². The summed E-state index contributed by atoms with van der Waals surface area (Å²) in [6.07, 6.45) is -1.48. The zero-order chi connectivity index (χ0) is 42.1. The molecule has 314 valence electrons. The molecule has 4 heterocycles. The first-order valence-electron chi connectivity index (χ1n) is 19.7. The second kappa shape index (κ2) is 17.6. The summed E-state index contributed by atoms with van der Waals surface area (Å²) in [6.45, 7) is 15.0. The number of methoxy groups -OCH3 is 2. The van der Waals surface area contributed by atoms with Crippen LogP contribution in [0, 0.1) is 5.92 Å². The number of aromatic nitrogens is 4. The van der Waals surface area contributed by atoms with E-state index in [0.29, 0.717) is 18.1 Å². The standard InChI is InChI=1S/C43H53N4O9PSSi/c1-27(2)35(48)38-45-39-34(40(49)46-38)44-26-47(39)41-37(56-59(8,9)42(3,4)5)36(55-57-53-23-24-58-57)33(54-41)25-52-43(28-13-11-10-12-14-28,29-15-19-31(50-6)20-16-29)30-17-21-32(51-7)22-18-30/h10-22,26-27,33,36-37,41H,23-25H2,1-9H3,(H,45,46,49)/t33-,36-,37-,41-,57?/m1/s1. The summed E-state index contributed by atoms with van der Waals surface area (Å²) < 4.78 is 47.7. The molecule has 13 nitrogen and oxygen atoms in total. The van der Waals surface area contributed by atoms with Gasteiger partial charge in [-0.05, 0) is 59.1 Å². The molecule has 1 N–H and O–H groups in total. The molecule has 0 radical (unpaired) electrons. The fourth-order valence-electron chi connectivity index (χ4n) is 7.04. The highest BCUT2D eigenvalue weighted by molar-refractivity contribution is 8.53. The van der Waals surface area contributed by atoms with E-state index in [2.05, 4.69) is 48.8 Å². The molecular formula is C43H53N4O9PSSi. The molecule has 2 saturated heterocycles. The molecule has 2 aliphatic heterocycles. The number of imidazole rings is 1. The van der Waals surface area contributed by atoms with Gasteiger partial charge >= 0.3 is 0 Å². The van der Waals surface area contributed by atoms with E-state index in [9.17, 15) is 9.59 Å². The molecule has 2 aromatic heterocycles. The number of carbonyl (C=O) groups is 1. The van der Waals surface area contributed by atoms with Crippen molar-refractivity contribution in [2.45, 2.75) is 82.9 Å². The van der Waals surface area contributed by atoms with Gasteiger partial charge in [0.15, 0.2) is 31.5 Å². The highest BCUT2D eigenvalue weighted by atomic mass is 32.7. The number of Topliss-reactive ketones (excluding diaryl/α,β-unsaturated/α-hetero) is 1. The first-order chi connectivity index (χ1) is 28.2. The lowest BCUT2D eigenvalue weighted by Gasteiger charge is -2.41. The number of ketones is 1. The first kappa shape index (κ1) is 43.2. The molecule has 0 saturated carbocycles. The maximum Gasteiger partial charge on any atom is 0.279 e. The first-order valence-corrected chi connectivity index (χ1v) is 25.4. The molecule has 2 fully saturated rings. The van der Waals surface area contributed by atoms with E-state index in [0.717, 1.165) is 22.4 Å². The van der Waals surface area contributed by atoms with Crippen LogP contribution in [-0.2, 0) is 28.5 Å². The lowest BCUT2D eigenvalue weighted by atomic mass is 9.80. The Bertz CT molecular complexity index is 2230. The van der Waals surface area contributed by atoms with Crippen LogP contribution in [0.3, 0.4) is 0 Å². The van der Waals surface area contributed by atoms with Gasteiger partial charge in [-0.15, -0.1) is 0 Å². The van der Waals surface area contributed by atoms with E-state index in [1.807, 2.05) is 78.9 Å². The molecule has 0 aliphatic carbocycles. The number of ether oxygens (including phenoxy) is 4. The number of aromatic amines is 1. The van der Waals surface area contributed by atoms with Crippen molar-refractivity contribution in [1.29, 1.82) is 0 Å². The highest BCUT2D eigenvalue weighted by Crippen LogP contribution is 2.59. The Kier molecular flexibility index (Phi) is 12.9. The van der Waals surface area contributed by atoms with Crippen LogP contribution in [0.2, 0.25) is 18.1 Å². The number of nitrogens with zero attached hydrogens (tertiary/aromatic N) is 3. The fraction of sp³-hybridized carbons (Fsp3) is 0.442. The van der Waals surface area contributed by atoms with Crippen LogP contribution < -0.4 is 15.0 Å². The Morgan fingerprint density at radius 2 is 1.56 bits per heavy atom. The van der Waals surface area contributed by atoms with Crippen LogP contribution in [0.5, 0.6) is 11.5 Å². The van der Waals surface area contributed by atoms with Crippen LogP contribution in [0.25, 0.3) is 11.2 Å². The van der Waals surface area contributed by atoms with Crippen molar-refractivity contribution in [1.82, 2.24) is 19.5 Å². The maximum absolute atomic E-state index is 13.4. The summed E-state index contributed by atoms with van der Waals surface area (Å²) in [5, 5.41) is -0.185. The molecular weight excluding hydrogens is 808 g/mol. The second-order valence-corrected chi connectivity index (χ2v) is 24.4. The van der Waals surface area contributed by atoms with Crippen molar-refractivity contribution in [3.8, 4) is 11.5 Å². The number of H-pyrrole nitrogens is 1. The van der Waals surface area contributed by atoms with E-state index in [1.54, 1.807) is 44.0 Å². The van der Waals surface area contributed by atoms with Crippen molar-refractivity contribution in [2.75, 3.05) is 33.2 Å². The Morgan fingerprint density at radius 1 is 0.949 bits per heavy atom.